The summed E-state index contributed by atoms with van der Waals surface area (Å²) in [6.07, 6.45) is 3.48. The lowest BCUT2D eigenvalue weighted by Gasteiger charge is -2.31. The third-order valence-corrected chi connectivity index (χ3v) is 5.97. The molecule has 1 amide bonds. The molecule has 0 N–H and O–H groups in total. The fourth-order valence-corrected chi connectivity index (χ4v) is 4.64. The lowest BCUT2D eigenvalue weighted by Crippen LogP contribution is -2.44. The standard InChI is InChI=1S/C16H20BrNO2S/c17-15-6-2-1-5-14(15)16(19)18(12-7-9-21-11-12)10-13-4-3-8-20-13/h1-2,5-6,12-13H,3-4,7-11H2. The molecule has 0 aliphatic carbocycles. The zero-order valence-corrected chi connectivity index (χ0v) is 14.4. The van der Waals surface area contributed by atoms with Crippen molar-refractivity contribution in [3.05, 3.63) is 34.3 Å². The number of hydrogen-bond donors (Lipinski definition) is 0. The van der Waals surface area contributed by atoms with E-state index in [1.54, 1.807) is 0 Å². The number of carbonyl (C=O) groups is 1. The first-order valence-electron chi connectivity index (χ1n) is 7.50. The number of amides is 1. The summed E-state index contributed by atoms with van der Waals surface area (Å²) < 4.78 is 6.62. The SMILES string of the molecule is O=C(c1ccccc1Br)N(CC1CCCO1)C1CCSC1. The van der Waals surface area contributed by atoms with E-state index in [-0.39, 0.29) is 12.0 Å². The van der Waals surface area contributed by atoms with Crippen molar-refractivity contribution in [3.8, 4) is 0 Å². The molecule has 2 fully saturated rings. The molecule has 2 unspecified atom stereocenters. The summed E-state index contributed by atoms with van der Waals surface area (Å²) in [6.45, 7) is 1.56. The minimum Gasteiger partial charge on any atom is -0.376 e. The van der Waals surface area contributed by atoms with Crippen LogP contribution in [0.3, 0.4) is 0 Å². The van der Waals surface area contributed by atoms with Crippen LogP contribution in [-0.4, -0.2) is 47.6 Å². The van der Waals surface area contributed by atoms with Gasteiger partial charge in [-0.05, 0) is 53.1 Å². The Kier molecular flexibility index (Phi) is 5.24. The molecular weight excluding hydrogens is 350 g/mol. The minimum atomic E-state index is 0.130. The highest BCUT2D eigenvalue weighted by molar-refractivity contribution is 9.10. The first kappa shape index (κ1) is 15.4. The van der Waals surface area contributed by atoms with Gasteiger partial charge in [-0.25, -0.2) is 0 Å². The first-order chi connectivity index (χ1) is 10.3. The Hall–Kier alpha value is -0.520. The van der Waals surface area contributed by atoms with Crippen LogP contribution in [0.4, 0.5) is 0 Å². The van der Waals surface area contributed by atoms with Crippen LogP contribution in [0.1, 0.15) is 29.6 Å². The molecule has 0 spiro atoms. The molecule has 0 saturated carbocycles. The molecule has 21 heavy (non-hydrogen) atoms. The van der Waals surface area contributed by atoms with Crippen molar-refractivity contribution in [1.82, 2.24) is 4.90 Å². The summed E-state index contributed by atoms with van der Waals surface area (Å²) in [5.74, 6) is 2.32. The summed E-state index contributed by atoms with van der Waals surface area (Å²) in [5, 5.41) is 0. The smallest absolute Gasteiger partial charge is 0.255 e. The van der Waals surface area contributed by atoms with Gasteiger partial charge in [0.1, 0.15) is 0 Å². The molecule has 1 aromatic rings. The maximum absolute atomic E-state index is 13.0. The molecule has 2 heterocycles. The second-order valence-electron chi connectivity index (χ2n) is 5.59. The van der Waals surface area contributed by atoms with E-state index in [0.717, 1.165) is 54.0 Å². The zero-order valence-electron chi connectivity index (χ0n) is 12.0. The van der Waals surface area contributed by atoms with Gasteiger partial charge in [-0.3, -0.25) is 4.79 Å². The van der Waals surface area contributed by atoms with E-state index in [1.165, 1.54) is 0 Å². The number of hydrogen-bond acceptors (Lipinski definition) is 3. The fourth-order valence-electron chi connectivity index (χ4n) is 2.96. The molecular formula is C16H20BrNO2S. The normalized spacial score (nSPS) is 25.2. The number of ether oxygens (including phenoxy) is 1. The van der Waals surface area contributed by atoms with Crippen molar-refractivity contribution in [1.29, 1.82) is 0 Å². The van der Waals surface area contributed by atoms with Crippen LogP contribution in [0.2, 0.25) is 0 Å². The van der Waals surface area contributed by atoms with Crippen molar-refractivity contribution < 1.29 is 9.53 Å². The molecule has 2 atom stereocenters. The van der Waals surface area contributed by atoms with E-state index < -0.39 is 0 Å². The van der Waals surface area contributed by atoms with Gasteiger partial charge in [0.2, 0.25) is 0 Å². The summed E-state index contributed by atoms with van der Waals surface area (Å²) in [6, 6.07) is 8.04. The number of nitrogens with zero attached hydrogens (tertiary/aromatic N) is 1. The van der Waals surface area contributed by atoms with E-state index in [9.17, 15) is 4.79 Å². The topological polar surface area (TPSA) is 29.5 Å². The minimum absolute atomic E-state index is 0.130. The van der Waals surface area contributed by atoms with E-state index in [2.05, 4.69) is 20.8 Å². The molecule has 3 rings (SSSR count). The maximum Gasteiger partial charge on any atom is 0.255 e. The van der Waals surface area contributed by atoms with Crippen LogP contribution in [0.25, 0.3) is 0 Å². The van der Waals surface area contributed by atoms with Crippen LogP contribution in [0.15, 0.2) is 28.7 Å². The number of thioether (sulfide) groups is 1. The van der Waals surface area contributed by atoms with Gasteiger partial charge in [0.05, 0.1) is 11.7 Å². The third kappa shape index (κ3) is 3.63. The van der Waals surface area contributed by atoms with Gasteiger partial charge < -0.3 is 9.64 Å². The Morgan fingerprint density at radius 3 is 2.90 bits per heavy atom. The number of rotatable bonds is 4. The lowest BCUT2D eigenvalue weighted by atomic mass is 10.1. The van der Waals surface area contributed by atoms with Gasteiger partial charge in [0.25, 0.3) is 5.91 Å². The van der Waals surface area contributed by atoms with Gasteiger partial charge in [0, 0.05) is 29.4 Å². The van der Waals surface area contributed by atoms with Gasteiger partial charge in [-0.1, -0.05) is 12.1 Å². The van der Waals surface area contributed by atoms with Crippen LogP contribution in [0, 0.1) is 0 Å². The maximum atomic E-state index is 13.0. The molecule has 5 heteroatoms. The Bertz CT molecular complexity index is 499. The van der Waals surface area contributed by atoms with E-state index in [4.69, 9.17) is 4.74 Å². The Labute approximate surface area is 138 Å². The van der Waals surface area contributed by atoms with Gasteiger partial charge in [-0.2, -0.15) is 11.8 Å². The zero-order chi connectivity index (χ0) is 14.7. The number of benzene rings is 1. The van der Waals surface area contributed by atoms with Crippen molar-refractivity contribution in [2.24, 2.45) is 0 Å². The fraction of sp³-hybridized carbons (Fsp3) is 0.562. The average molecular weight is 370 g/mol. The van der Waals surface area contributed by atoms with Gasteiger partial charge >= 0.3 is 0 Å². The molecule has 3 nitrogen and oxygen atoms in total. The molecule has 2 aliphatic rings. The predicted octanol–water partition coefficient (Wildman–Crippen LogP) is 3.58. The predicted molar refractivity (Wildman–Crippen MR) is 89.9 cm³/mol. The first-order valence-corrected chi connectivity index (χ1v) is 9.45. The van der Waals surface area contributed by atoms with Gasteiger partial charge in [-0.15, -0.1) is 0 Å². The van der Waals surface area contributed by atoms with Crippen LogP contribution < -0.4 is 0 Å². The highest BCUT2D eigenvalue weighted by atomic mass is 79.9. The van der Waals surface area contributed by atoms with E-state index in [0.29, 0.717) is 6.04 Å². The lowest BCUT2D eigenvalue weighted by molar-refractivity contribution is 0.0441. The van der Waals surface area contributed by atoms with Crippen LogP contribution >= 0.6 is 27.7 Å². The van der Waals surface area contributed by atoms with Crippen LogP contribution in [-0.2, 0) is 4.74 Å². The van der Waals surface area contributed by atoms with Crippen molar-refractivity contribution in [3.63, 3.8) is 0 Å². The van der Waals surface area contributed by atoms with Crippen molar-refractivity contribution >= 4 is 33.6 Å². The quantitative estimate of drug-likeness (QED) is 0.812. The second-order valence-corrected chi connectivity index (χ2v) is 7.59. The molecule has 114 valence electrons. The molecule has 1 aromatic carbocycles. The Morgan fingerprint density at radius 2 is 2.24 bits per heavy atom. The third-order valence-electron chi connectivity index (χ3n) is 4.14. The second kappa shape index (κ2) is 7.16. The number of halogens is 1. The van der Waals surface area contributed by atoms with Crippen molar-refractivity contribution in [2.75, 3.05) is 24.7 Å². The van der Waals surface area contributed by atoms with Crippen LogP contribution in [0.5, 0.6) is 0 Å². The Balaban J connectivity index is 1.79. The highest BCUT2D eigenvalue weighted by Gasteiger charge is 2.31. The van der Waals surface area contributed by atoms with Crippen molar-refractivity contribution in [2.45, 2.75) is 31.4 Å². The average Bonchev–Trinajstić information content (AvgIpc) is 3.18. The number of carbonyl (C=O) groups excluding carboxylic acids is 1. The largest absolute Gasteiger partial charge is 0.376 e. The van der Waals surface area contributed by atoms with E-state index in [1.807, 2.05) is 36.0 Å². The summed E-state index contributed by atoms with van der Waals surface area (Å²) in [7, 11) is 0. The summed E-state index contributed by atoms with van der Waals surface area (Å²) in [5.41, 5.74) is 0.757. The molecule has 0 aromatic heterocycles. The Morgan fingerprint density at radius 1 is 1.38 bits per heavy atom. The van der Waals surface area contributed by atoms with Gasteiger partial charge in [0.15, 0.2) is 0 Å². The highest BCUT2D eigenvalue weighted by Crippen LogP contribution is 2.27. The monoisotopic (exact) mass is 369 g/mol. The van der Waals surface area contributed by atoms with E-state index >= 15 is 0 Å². The summed E-state index contributed by atoms with van der Waals surface area (Å²) in [4.78, 5) is 15.0. The molecule has 0 radical (unpaired) electrons. The molecule has 2 aliphatic heterocycles. The summed E-state index contributed by atoms with van der Waals surface area (Å²) >= 11 is 5.44. The molecule has 0 bridgehead atoms. The molecule has 2 saturated heterocycles.